The predicted molar refractivity (Wildman–Crippen MR) is 188 cm³/mol. The van der Waals surface area contributed by atoms with Crippen molar-refractivity contribution in [3.63, 3.8) is 0 Å². The van der Waals surface area contributed by atoms with Crippen LogP contribution in [-0.4, -0.2) is 18.2 Å². The van der Waals surface area contributed by atoms with E-state index >= 15 is 0 Å². The summed E-state index contributed by atoms with van der Waals surface area (Å²) >= 11 is 0. The Balaban J connectivity index is 1.04. The largest absolute Gasteiger partial charge is 0.482 e. The van der Waals surface area contributed by atoms with Gasteiger partial charge >= 0.3 is 5.97 Å². The maximum Gasteiger partial charge on any atom is 0.344 e. The molecule has 47 heavy (non-hydrogen) atoms. The second-order valence-electron chi connectivity index (χ2n) is 14.5. The van der Waals surface area contributed by atoms with Crippen molar-refractivity contribution in [3.05, 3.63) is 126 Å². The maximum atomic E-state index is 13.1. The monoisotopic (exact) mass is 616 g/mol. The van der Waals surface area contributed by atoms with Gasteiger partial charge in [0.25, 0.3) is 0 Å². The molecule has 5 aliphatic rings. The molecule has 4 fully saturated rings. The number of esters is 1. The molecule has 0 heterocycles. The molecule has 0 aliphatic heterocycles. The van der Waals surface area contributed by atoms with Gasteiger partial charge in [-0.05, 0) is 143 Å². The number of hydrogen-bond acceptors (Lipinski definition) is 3. The fourth-order valence-electron chi connectivity index (χ4n) is 9.77. The molecule has 3 heteroatoms. The predicted octanol–water partition coefficient (Wildman–Crippen LogP) is 10.4. The molecular weight excluding hydrogens is 576 g/mol. The minimum atomic E-state index is -0.339. The fourth-order valence-corrected chi connectivity index (χ4v) is 9.77. The van der Waals surface area contributed by atoms with Crippen LogP contribution in [0.25, 0.3) is 44.5 Å². The molecule has 4 bridgehead atoms. The van der Waals surface area contributed by atoms with Gasteiger partial charge in [0.2, 0.25) is 0 Å². The molecule has 5 aromatic rings. The van der Waals surface area contributed by atoms with Crippen LogP contribution in [-0.2, 0) is 16.0 Å². The van der Waals surface area contributed by atoms with E-state index < -0.39 is 0 Å². The number of carbonyl (C=O) groups excluding carboxylic acids is 1. The minimum absolute atomic E-state index is 0.0652. The fraction of sp³-hybridized carbons (Fsp3) is 0.295. The van der Waals surface area contributed by atoms with E-state index in [0.717, 1.165) is 23.8 Å². The minimum Gasteiger partial charge on any atom is -0.482 e. The van der Waals surface area contributed by atoms with E-state index in [1.807, 2.05) is 12.1 Å². The van der Waals surface area contributed by atoms with Crippen LogP contribution in [0.3, 0.4) is 0 Å². The van der Waals surface area contributed by atoms with E-state index in [1.165, 1.54) is 82.2 Å². The number of rotatable bonds is 7. The number of hydrogen-bond donors (Lipinski definition) is 0. The van der Waals surface area contributed by atoms with Gasteiger partial charge in [-0.1, -0.05) is 97.1 Å². The van der Waals surface area contributed by atoms with Gasteiger partial charge in [0.15, 0.2) is 6.61 Å². The van der Waals surface area contributed by atoms with Crippen LogP contribution in [0.2, 0.25) is 0 Å². The topological polar surface area (TPSA) is 35.5 Å². The first-order valence-electron chi connectivity index (χ1n) is 17.4. The Labute approximate surface area is 277 Å². The lowest BCUT2D eigenvalue weighted by Crippen LogP contribution is -2.58. The molecule has 0 amide bonds. The number of fused-ring (bicyclic) bond motifs is 3. The summed E-state index contributed by atoms with van der Waals surface area (Å²) in [6.07, 6.45) is 7.15. The molecule has 5 aromatic carbocycles. The molecule has 0 radical (unpaired) electrons. The summed E-state index contributed by atoms with van der Waals surface area (Å²) < 4.78 is 12.3. The van der Waals surface area contributed by atoms with Crippen molar-refractivity contribution in [2.75, 3.05) is 6.61 Å². The molecule has 0 aromatic heterocycles. The lowest BCUT2D eigenvalue weighted by Gasteiger charge is -2.59. The molecule has 3 nitrogen and oxygen atoms in total. The van der Waals surface area contributed by atoms with Gasteiger partial charge < -0.3 is 9.47 Å². The highest BCUT2D eigenvalue weighted by Gasteiger charge is 2.57. The second-order valence-corrected chi connectivity index (χ2v) is 14.5. The third kappa shape index (κ3) is 4.90. The summed E-state index contributed by atoms with van der Waals surface area (Å²) in [6, 6.07) is 41.0. The number of carbonyl (C=O) groups is 1. The summed E-state index contributed by atoms with van der Waals surface area (Å²) in [5.74, 6) is 3.11. The molecule has 0 unspecified atom stereocenters. The molecule has 4 saturated carbocycles. The van der Waals surface area contributed by atoms with Crippen molar-refractivity contribution < 1.29 is 14.3 Å². The Morgan fingerprint density at radius 1 is 0.638 bits per heavy atom. The van der Waals surface area contributed by atoms with Gasteiger partial charge in [0, 0.05) is 0 Å². The average molecular weight is 617 g/mol. The summed E-state index contributed by atoms with van der Waals surface area (Å²) in [7, 11) is 0. The van der Waals surface area contributed by atoms with Gasteiger partial charge in [-0.2, -0.15) is 0 Å². The van der Waals surface area contributed by atoms with Crippen molar-refractivity contribution in [3.8, 4) is 50.3 Å². The van der Waals surface area contributed by atoms with Crippen LogP contribution in [0.5, 0.6) is 5.75 Å². The van der Waals surface area contributed by atoms with Crippen molar-refractivity contribution in [2.45, 2.75) is 51.0 Å². The highest BCUT2D eigenvalue weighted by Crippen LogP contribution is 2.59. The van der Waals surface area contributed by atoms with E-state index in [1.54, 1.807) is 0 Å². The highest BCUT2D eigenvalue weighted by molar-refractivity contribution is 6.01. The maximum absolute atomic E-state index is 13.1. The molecule has 0 saturated heterocycles. The SMILES string of the molecule is CC1(OC(=O)COc2ccc(-c3cc4c(c(-c5ccccc5)c3-c3ccccc3)Cc3ccccc3-4)cc2)C2CC3CC(C2)CC1C3. The van der Waals surface area contributed by atoms with Crippen molar-refractivity contribution in [2.24, 2.45) is 23.7 Å². The van der Waals surface area contributed by atoms with Gasteiger partial charge in [-0.25, -0.2) is 4.79 Å². The quantitative estimate of drug-likeness (QED) is 0.167. The Bertz CT molecular complexity index is 1930. The Morgan fingerprint density at radius 3 is 1.89 bits per heavy atom. The van der Waals surface area contributed by atoms with Crippen LogP contribution in [0.15, 0.2) is 115 Å². The van der Waals surface area contributed by atoms with E-state index in [9.17, 15) is 4.79 Å². The molecule has 10 rings (SSSR count). The third-order valence-corrected chi connectivity index (χ3v) is 11.8. The molecule has 234 valence electrons. The molecule has 0 atom stereocenters. The molecular formula is C44H40O3. The summed E-state index contributed by atoms with van der Waals surface area (Å²) in [4.78, 5) is 13.1. The van der Waals surface area contributed by atoms with Crippen LogP contribution in [0.1, 0.15) is 50.2 Å². The zero-order chi connectivity index (χ0) is 31.5. The lowest BCUT2D eigenvalue weighted by atomic mass is 9.50. The first-order valence-corrected chi connectivity index (χ1v) is 17.4. The molecule has 5 aliphatic carbocycles. The average Bonchev–Trinajstić information content (AvgIpc) is 3.48. The molecule has 0 spiro atoms. The van der Waals surface area contributed by atoms with Crippen molar-refractivity contribution in [1.82, 2.24) is 0 Å². The standard InChI is InChI=1S/C44H40O3/c1-44(34-21-28-20-29(23-34)24-35(44)22-28)47-41(45)27-46-36-18-16-30(17-19-36)38-26-39-37-15-9-8-14-33(37)25-40(39)43(32-12-6-3-7-13-32)42(38)31-10-4-2-5-11-31/h2-19,26,28-29,34-35H,20-25,27H2,1H3. The summed E-state index contributed by atoms with van der Waals surface area (Å²) in [5, 5.41) is 0. The number of ether oxygens (including phenoxy) is 2. The smallest absolute Gasteiger partial charge is 0.344 e. The van der Waals surface area contributed by atoms with Crippen LogP contribution >= 0.6 is 0 Å². The van der Waals surface area contributed by atoms with Gasteiger partial charge in [0.05, 0.1) is 0 Å². The van der Waals surface area contributed by atoms with Crippen LogP contribution < -0.4 is 4.74 Å². The van der Waals surface area contributed by atoms with E-state index in [-0.39, 0.29) is 18.2 Å². The zero-order valence-electron chi connectivity index (χ0n) is 27.0. The second kappa shape index (κ2) is 11.3. The first kappa shape index (κ1) is 28.6. The Morgan fingerprint density at radius 2 is 1.23 bits per heavy atom. The third-order valence-electron chi connectivity index (χ3n) is 11.8. The zero-order valence-corrected chi connectivity index (χ0v) is 27.0. The van der Waals surface area contributed by atoms with E-state index in [0.29, 0.717) is 17.6 Å². The lowest BCUT2D eigenvalue weighted by molar-refractivity contribution is -0.204. The Hall–Kier alpha value is -4.63. The summed E-state index contributed by atoms with van der Waals surface area (Å²) in [5.41, 5.74) is 12.3. The number of benzene rings is 5. The van der Waals surface area contributed by atoms with Crippen molar-refractivity contribution in [1.29, 1.82) is 0 Å². The van der Waals surface area contributed by atoms with Crippen LogP contribution in [0, 0.1) is 23.7 Å². The highest BCUT2D eigenvalue weighted by atomic mass is 16.6. The molecule has 0 N–H and O–H groups in total. The van der Waals surface area contributed by atoms with Gasteiger partial charge in [-0.3, -0.25) is 0 Å². The summed E-state index contributed by atoms with van der Waals surface area (Å²) in [6.45, 7) is 2.13. The van der Waals surface area contributed by atoms with E-state index in [2.05, 4.69) is 110 Å². The van der Waals surface area contributed by atoms with Gasteiger partial charge in [-0.15, -0.1) is 0 Å². The normalized spacial score (nSPS) is 24.9. The van der Waals surface area contributed by atoms with E-state index in [4.69, 9.17) is 9.47 Å². The Kier molecular flexibility index (Phi) is 6.85. The first-order chi connectivity index (χ1) is 23.0. The van der Waals surface area contributed by atoms with Gasteiger partial charge in [0.1, 0.15) is 11.4 Å². The van der Waals surface area contributed by atoms with Crippen LogP contribution in [0.4, 0.5) is 0 Å². The van der Waals surface area contributed by atoms with Crippen molar-refractivity contribution >= 4 is 5.97 Å².